The van der Waals surface area contributed by atoms with E-state index in [1.807, 2.05) is 0 Å². The summed E-state index contributed by atoms with van der Waals surface area (Å²) in [6, 6.07) is -1.14. The van der Waals surface area contributed by atoms with Gasteiger partial charge in [0.05, 0.1) is 26.8 Å². The van der Waals surface area contributed by atoms with Gasteiger partial charge in [0.2, 0.25) is 0 Å². The van der Waals surface area contributed by atoms with E-state index >= 15 is 0 Å². The molecule has 3 heterocycles. The van der Waals surface area contributed by atoms with Crippen molar-refractivity contribution < 1.29 is 174 Å². The van der Waals surface area contributed by atoms with Crippen LogP contribution in [0.1, 0.15) is 6.23 Å². The smallest absolute Gasteiger partial charge is 0.790 e. The van der Waals surface area contributed by atoms with E-state index in [0.29, 0.717) is 0 Å². The third kappa shape index (κ3) is 10.9. The molecule has 0 aromatic carbocycles. The molecule has 35 heavy (non-hydrogen) atoms. The number of phosphoric acid groups is 3. The van der Waals surface area contributed by atoms with Crippen molar-refractivity contribution in [2.75, 3.05) is 12.3 Å². The fourth-order valence-electron chi connectivity index (χ4n) is 2.66. The van der Waals surface area contributed by atoms with Crippen molar-refractivity contribution in [3.63, 3.8) is 0 Å². The molecule has 1 saturated heterocycles. The maximum absolute atomic E-state index is 11.6. The van der Waals surface area contributed by atoms with Gasteiger partial charge in [-0.1, -0.05) is 0 Å². The van der Waals surface area contributed by atoms with E-state index in [2.05, 4.69) is 28.1 Å². The van der Waals surface area contributed by atoms with Crippen LogP contribution in [0.2, 0.25) is 0 Å². The first-order valence-electron chi connectivity index (χ1n) is 7.92. The minimum Gasteiger partial charge on any atom is -0.790 e. The second kappa shape index (κ2) is 15.6. The SMILES string of the molecule is Nc1ncnc2c1ncn2[C@@H]1O[C@H](COP(=O)([O-])OP(=O)([O-])OP(=O)([O-])[O-])[C@@H](O)[C@H]1N.[Na+].[Na+].[Na+].[Na+]. The number of anilines is 1. The van der Waals surface area contributed by atoms with E-state index in [-0.39, 0.29) is 135 Å². The number of ether oxygens (including phenoxy) is 1. The van der Waals surface area contributed by atoms with Crippen LogP contribution in [0.4, 0.5) is 5.82 Å². The fourth-order valence-corrected chi connectivity index (χ4v) is 5.53. The maximum atomic E-state index is 11.6. The molecular weight excluding hydrogens is 581 g/mol. The Morgan fingerprint density at radius 1 is 1.03 bits per heavy atom. The molecule has 2 aromatic heterocycles. The van der Waals surface area contributed by atoms with Crippen molar-refractivity contribution >= 4 is 40.4 Å². The monoisotopic (exact) mass is 594 g/mol. The molecule has 3 rings (SSSR count). The number of nitrogens with zero attached hydrogens (tertiary/aromatic N) is 4. The number of aliphatic hydroxyl groups excluding tert-OH is 1. The van der Waals surface area contributed by atoms with Gasteiger partial charge in [0.25, 0.3) is 15.6 Å². The van der Waals surface area contributed by atoms with Crippen LogP contribution < -0.4 is 149 Å². The molecule has 0 radical (unpaired) electrons. The Morgan fingerprint density at radius 2 is 1.63 bits per heavy atom. The van der Waals surface area contributed by atoms with Gasteiger partial charge >= 0.3 is 118 Å². The zero-order valence-electron chi connectivity index (χ0n) is 18.9. The van der Waals surface area contributed by atoms with Gasteiger partial charge in [-0.05, 0) is 0 Å². The van der Waals surface area contributed by atoms with Crippen LogP contribution in [0.5, 0.6) is 0 Å². The molecule has 0 spiro atoms. The van der Waals surface area contributed by atoms with Crippen LogP contribution in [0, 0.1) is 0 Å². The van der Waals surface area contributed by atoms with Crippen molar-refractivity contribution in [3.05, 3.63) is 12.7 Å². The zero-order chi connectivity index (χ0) is 23.2. The second-order valence-electron chi connectivity index (χ2n) is 6.02. The summed E-state index contributed by atoms with van der Waals surface area (Å²) in [5.74, 6) is 0.0603. The molecule has 25 heteroatoms. The number of phosphoric ester groups is 1. The summed E-state index contributed by atoms with van der Waals surface area (Å²) in [7, 11) is -18.0. The predicted octanol–water partition coefficient (Wildman–Crippen LogP) is -16.2. The molecule has 0 saturated carbocycles. The Hall–Kier alpha value is 2.64. The number of hydrogen-bond donors (Lipinski definition) is 3. The first-order chi connectivity index (χ1) is 14.2. The van der Waals surface area contributed by atoms with Gasteiger partial charge in [-0.15, -0.1) is 0 Å². The quantitative estimate of drug-likeness (QED) is 0.189. The summed E-state index contributed by atoms with van der Waals surface area (Å²) < 4.78 is 50.6. The minimum atomic E-state index is -6.12. The van der Waals surface area contributed by atoms with E-state index in [0.717, 1.165) is 6.33 Å². The molecule has 0 bridgehead atoms. The number of nitrogens with two attached hydrogens (primary N) is 2. The Morgan fingerprint density at radius 3 is 2.20 bits per heavy atom. The van der Waals surface area contributed by atoms with Crippen LogP contribution in [0.25, 0.3) is 11.2 Å². The van der Waals surface area contributed by atoms with E-state index in [1.54, 1.807) is 0 Å². The van der Waals surface area contributed by atoms with Gasteiger partial charge in [0.1, 0.15) is 24.1 Å². The van der Waals surface area contributed by atoms with E-state index in [1.165, 1.54) is 10.9 Å². The minimum absolute atomic E-state index is 0. The molecule has 2 unspecified atom stereocenters. The third-order valence-electron chi connectivity index (χ3n) is 3.88. The Labute approximate surface area is 285 Å². The number of fused-ring (bicyclic) bond motifs is 1. The van der Waals surface area contributed by atoms with Gasteiger partial charge < -0.3 is 50.0 Å². The number of aliphatic hydroxyl groups is 1. The molecule has 1 aliphatic heterocycles. The first kappa shape index (κ1) is 39.8. The summed E-state index contributed by atoms with van der Waals surface area (Å²) in [6.45, 7) is -0.998. The van der Waals surface area contributed by atoms with E-state index in [9.17, 15) is 38.4 Å². The molecule has 174 valence electrons. The molecular formula is C10H13N6Na4O12P3. The van der Waals surface area contributed by atoms with Crippen molar-refractivity contribution in [3.8, 4) is 0 Å². The number of nitrogen functional groups attached to an aromatic ring is 1. The van der Waals surface area contributed by atoms with E-state index in [4.69, 9.17) is 16.2 Å². The maximum Gasteiger partial charge on any atom is 1.00 e. The van der Waals surface area contributed by atoms with Crippen LogP contribution in [0.3, 0.4) is 0 Å². The normalized spacial score (nSPS) is 25.2. The second-order valence-corrected chi connectivity index (χ2v) is 10.3. The van der Waals surface area contributed by atoms with Crippen molar-refractivity contribution in [1.82, 2.24) is 19.5 Å². The summed E-state index contributed by atoms with van der Waals surface area (Å²) in [5.41, 5.74) is 12.0. The number of hydrogen-bond acceptors (Lipinski definition) is 17. The molecule has 1 fully saturated rings. The van der Waals surface area contributed by atoms with Gasteiger partial charge in [-0.25, -0.2) is 19.3 Å². The van der Waals surface area contributed by atoms with Gasteiger partial charge in [-0.3, -0.25) is 18.0 Å². The average molecular weight is 594 g/mol. The molecule has 5 N–H and O–H groups in total. The van der Waals surface area contributed by atoms with Crippen molar-refractivity contribution in [2.24, 2.45) is 5.73 Å². The van der Waals surface area contributed by atoms with Crippen LogP contribution >= 0.6 is 23.5 Å². The first-order valence-corrected chi connectivity index (χ1v) is 12.3. The summed E-state index contributed by atoms with van der Waals surface area (Å²) in [6.07, 6.45) is -1.66. The van der Waals surface area contributed by atoms with Crippen LogP contribution in [0.15, 0.2) is 12.7 Å². The van der Waals surface area contributed by atoms with E-state index < -0.39 is 54.6 Å². The number of rotatable bonds is 8. The predicted molar refractivity (Wildman–Crippen MR) is 88.6 cm³/mol. The summed E-state index contributed by atoms with van der Waals surface area (Å²) in [4.78, 5) is 55.1. The van der Waals surface area contributed by atoms with Gasteiger partial charge in [-0.2, -0.15) is 0 Å². The zero-order valence-corrected chi connectivity index (χ0v) is 29.6. The van der Waals surface area contributed by atoms with Crippen molar-refractivity contribution in [1.29, 1.82) is 0 Å². The largest absolute Gasteiger partial charge is 1.00 e. The Bertz CT molecular complexity index is 1120. The Balaban J connectivity index is 0. The van der Waals surface area contributed by atoms with Crippen molar-refractivity contribution in [2.45, 2.75) is 24.5 Å². The number of aromatic nitrogens is 4. The molecule has 6 atom stereocenters. The van der Waals surface area contributed by atoms with Crippen LogP contribution in [-0.2, 0) is 31.6 Å². The Kier molecular flexibility index (Phi) is 17.7. The van der Waals surface area contributed by atoms with Gasteiger partial charge in [0, 0.05) is 0 Å². The molecule has 0 aliphatic carbocycles. The topological polar surface area (TPSA) is 296 Å². The average Bonchev–Trinajstić information content (AvgIpc) is 3.13. The fraction of sp³-hybridized carbons (Fsp3) is 0.500. The third-order valence-corrected chi connectivity index (χ3v) is 7.54. The van der Waals surface area contributed by atoms with Gasteiger partial charge in [0.15, 0.2) is 17.7 Å². The summed E-state index contributed by atoms with van der Waals surface area (Å²) >= 11 is 0. The molecule has 18 nitrogen and oxygen atoms in total. The standard InChI is InChI=1S/C10H17N6O12P3.4Na/c11-5-7(17)4(1-25-30(21,22)28-31(23,24)27-29(18,19)20)26-10(5)16-3-15-6-8(12)13-2-14-9(6)16;;;;/h2-5,7,10,17H,1,11H2,(H,21,22)(H,23,24)(H2,12,13,14)(H2,18,19,20);;;;/q;4*+1/p-4/t4-,5-,7-,10-;;;;/m1..../s1. The molecule has 2 aromatic rings. The molecule has 0 amide bonds. The molecule has 1 aliphatic rings. The summed E-state index contributed by atoms with van der Waals surface area (Å²) in [5, 5.41) is 10.2. The van der Waals surface area contributed by atoms with Crippen LogP contribution in [-0.4, -0.2) is 49.5 Å². The number of imidazole rings is 1.